The number of nitrogens with zero attached hydrogens (tertiary/aromatic N) is 3. The number of hydrogen-bond acceptors (Lipinski definition) is 6. The zero-order valence-electron chi connectivity index (χ0n) is 16.4. The predicted octanol–water partition coefficient (Wildman–Crippen LogP) is 4.05. The van der Waals surface area contributed by atoms with Crippen molar-refractivity contribution in [3.8, 4) is 17.1 Å². The molecule has 0 fully saturated rings. The monoisotopic (exact) mass is 400 g/mol. The number of carbonyl (C=O) groups excluding carboxylic acids is 1. The Bertz CT molecular complexity index is 1140. The van der Waals surface area contributed by atoms with Gasteiger partial charge in [-0.25, -0.2) is 0 Å². The second-order valence-corrected chi connectivity index (χ2v) is 6.68. The van der Waals surface area contributed by atoms with Crippen molar-refractivity contribution in [3.63, 3.8) is 0 Å². The van der Waals surface area contributed by atoms with Gasteiger partial charge in [-0.05, 0) is 42.3 Å². The molecule has 0 saturated carbocycles. The molecular weight excluding hydrogens is 380 g/mol. The van der Waals surface area contributed by atoms with Gasteiger partial charge in [0.2, 0.25) is 11.7 Å². The molecular formula is C23H20N4O3. The van der Waals surface area contributed by atoms with Crippen LogP contribution >= 0.6 is 0 Å². The Morgan fingerprint density at radius 3 is 2.63 bits per heavy atom. The molecule has 1 amide bonds. The number of nitrogens with one attached hydrogen (secondary N) is 1. The van der Waals surface area contributed by atoms with Crippen molar-refractivity contribution in [1.29, 1.82) is 0 Å². The molecule has 150 valence electrons. The van der Waals surface area contributed by atoms with Crippen LogP contribution in [0.25, 0.3) is 11.4 Å². The van der Waals surface area contributed by atoms with Gasteiger partial charge in [0.15, 0.2) is 6.61 Å². The molecule has 30 heavy (non-hydrogen) atoms. The minimum Gasteiger partial charge on any atom is -0.483 e. The van der Waals surface area contributed by atoms with Crippen LogP contribution in [0, 0.1) is 6.92 Å². The van der Waals surface area contributed by atoms with Crippen LogP contribution < -0.4 is 10.1 Å². The van der Waals surface area contributed by atoms with Crippen LogP contribution in [0.1, 0.15) is 17.0 Å². The Balaban J connectivity index is 1.42. The molecule has 0 unspecified atom stereocenters. The second-order valence-electron chi connectivity index (χ2n) is 6.68. The van der Waals surface area contributed by atoms with Crippen molar-refractivity contribution in [2.45, 2.75) is 13.3 Å². The van der Waals surface area contributed by atoms with Gasteiger partial charge in [-0.15, -0.1) is 0 Å². The van der Waals surface area contributed by atoms with Gasteiger partial charge >= 0.3 is 0 Å². The van der Waals surface area contributed by atoms with E-state index in [4.69, 9.17) is 9.26 Å². The maximum Gasteiger partial charge on any atom is 0.262 e. The third-order valence-electron chi connectivity index (χ3n) is 4.49. The summed E-state index contributed by atoms with van der Waals surface area (Å²) < 4.78 is 11.0. The summed E-state index contributed by atoms with van der Waals surface area (Å²) in [6.07, 6.45) is 3.75. The fourth-order valence-corrected chi connectivity index (χ4v) is 2.95. The smallest absolute Gasteiger partial charge is 0.262 e. The summed E-state index contributed by atoms with van der Waals surface area (Å²) in [6, 6.07) is 18.7. The van der Waals surface area contributed by atoms with E-state index in [1.54, 1.807) is 12.4 Å². The van der Waals surface area contributed by atoms with Crippen LogP contribution in [-0.4, -0.2) is 27.6 Å². The van der Waals surface area contributed by atoms with Crippen molar-refractivity contribution in [3.05, 3.63) is 90.1 Å². The predicted molar refractivity (Wildman–Crippen MR) is 112 cm³/mol. The summed E-state index contributed by atoms with van der Waals surface area (Å²) in [5.74, 6) is 1.41. The van der Waals surface area contributed by atoms with Crippen molar-refractivity contribution in [2.75, 3.05) is 11.9 Å². The topological polar surface area (TPSA) is 90.1 Å². The minimum absolute atomic E-state index is 0.0774. The lowest BCUT2D eigenvalue weighted by molar-refractivity contribution is -0.118. The molecule has 4 aromatic rings. The fraction of sp³-hybridized carbons (Fsp3) is 0.130. The maximum atomic E-state index is 12.4. The van der Waals surface area contributed by atoms with E-state index < -0.39 is 0 Å². The quantitative estimate of drug-likeness (QED) is 0.503. The standard InChI is InChI=1S/C23H20N4O3/c1-16-6-2-5-9-20(16)29-15-21(28)25-19-8-4-3-7-18(19)14-22-26-23(27-30-22)17-10-12-24-13-11-17/h2-13H,14-15H2,1H3,(H,25,28). The van der Waals surface area contributed by atoms with Gasteiger partial charge < -0.3 is 14.6 Å². The lowest BCUT2D eigenvalue weighted by Crippen LogP contribution is -2.21. The molecule has 0 aliphatic rings. The number of benzene rings is 2. The average molecular weight is 400 g/mol. The lowest BCUT2D eigenvalue weighted by Gasteiger charge is -2.11. The van der Waals surface area contributed by atoms with Crippen LogP contribution in [0.15, 0.2) is 77.6 Å². The zero-order valence-corrected chi connectivity index (χ0v) is 16.4. The Morgan fingerprint density at radius 1 is 1.03 bits per heavy atom. The number of carbonyl (C=O) groups is 1. The van der Waals surface area contributed by atoms with E-state index in [1.807, 2.05) is 67.6 Å². The summed E-state index contributed by atoms with van der Waals surface area (Å²) in [4.78, 5) is 20.8. The molecule has 0 aliphatic carbocycles. The number of aromatic nitrogens is 3. The van der Waals surface area contributed by atoms with E-state index >= 15 is 0 Å². The van der Waals surface area contributed by atoms with Crippen molar-refractivity contribution < 1.29 is 14.1 Å². The number of amides is 1. The first kappa shape index (κ1) is 19.3. The molecule has 0 bridgehead atoms. The minimum atomic E-state index is -0.242. The molecule has 0 radical (unpaired) electrons. The number of para-hydroxylation sites is 2. The number of ether oxygens (including phenoxy) is 1. The fourth-order valence-electron chi connectivity index (χ4n) is 2.95. The number of hydrogen-bond donors (Lipinski definition) is 1. The highest BCUT2D eigenvalue weighted by Gasteiger charge is 2.13. The van der Waals surface area contributed by atoms with Gasteiger partial charge in [0.25, 0.3) is 5.91 Å². The summed E-state index contributed by atoms with van der Waals surface area (Å²) in [6.45, 7) is 1.86. The van der Waals surface area contributed by atoms with Crippen molar-refractivity contribution >= 4 is 11.6 Å². The van der Waals surface area contributed by atoms with E-state index in [9.17, 15) is 4.79 Å². The molecule has 7 heteroatoms. The Kier molecular flexibility index (Phi) is 5.80. The maximum absolute atomic E-state index is 12.4. The molecule has 1 N–H and O–H groups in total. The number of pyridine rings is 1. The van der Waals surface area contributed by atoms with Gasteiger partial charge in [0.05, 0.1) is 6.42 Å². The first-order valence-corrected chi connectivity index (χ1v) is 9.48. The normalized spacial score (nSPS) is 10.6. The largest absolute Gasteiger partial charge is 0.483 e. The number of aryl methyl sites for hydroxylation is 1. The summed E-state index contributed by atoms with van der Waals surface area (Å²) in [5, 5.41) is 6.92. The average Bonchev–Trinajstić information content (AvgIpc) is 3.24. The number of anilines is 1. The molecule has 2 aromatic heterocycles. The highest BCUT2D eigenvalue weighted by atomic mass is 16.5. The van der Waals surface area contributed by atoms with E-state index in [1.165, 1.54) is 0 Å². The summed E-state index contributed by atoms with van der Waals surface area (Å²) >= 11 is 0. The third kappa shape index (κ3) is 4.70. The van der Waals surface area contributed by atoms with Gasteiger partial charge in [-0.1, -0.05) is 41.6 Å². The molecule has 7 nitrogen and oxygen atoms in total. The highest BCUT2D eigenvalue weighted by molar-refractivity contribution is 5.92. The second kappa shape index (κ2) is 9.00. The zero-order chi connectivity index (χ0) is 20.8. The third-order valence-corrected chi connectivity index (χ3v) is 4.49. The molecule has 4 rings (SSSR count). The van der Waals surface area contributed by atoms with Gasteiger partial charge in [0, 0.05) is 23.6 Å². The van der Waals surface area contributed by atoms with E-state index in [2.05, 4.69) is 20.4 Å². The Labute approximate surface area is 173 Å². The van der Waals surface area contributed by atoms with E-state index in [0.29, 0.717) is 29.6 Å². The van der Waals surface area contributed by atoms with Gasteiger partial charge in [0.1, 0.15) is 5.75 Å². The van der Waals surface area contributed by atoms with Crippen LogP contribution in [0.3, 0.4) is 0 Å². The van der Waals surface area contributed by atoms with E-state index in [0.717, 1.165) is 16.7 Å². The van der Waals surface area contributed by atoms with Crippen molar-refractivity contribution in [2.24, 2.45) is 0 Å². The first-order chi connectivity index (χ1) is 14.7. The summed E-state index contributed by atoms with van der Waals surface area (Å²) in [7, 11) is 0. The van der Waals surface area contributed by atoms with Gasteiger partial charge in [-0.2, -0.15) is 4.98 Å². The van der Waals surface area contributed by atoms with Crippen molar-refractivity contribution in [1.82, 2.24) is 15.1 Å². The Morgan fingerprint density at radius 2 is 1.80 bits per heavy atom. The molecule has 0 aliphatic heterocycles. The molecule has 2 aromatic carbocycles. The summed E-state index contributed by atoms with van der Waals surface area (Å²) in [5.41, 5.74) is 3.35. The molecule has 0 spiro atoms. The van der Waals surface area contributed by atoms with Crippen LogP contribution in [0.2, 0.25) is 0 Å². The van der Waals surface area contributed by atoms with Crippen LogP contribution in [-0.2, 0) is 11.2 Å². The molecule has 2 heterocycles. The van der Waals surface area contributed by atoms with Crippen LogP contribution in [0.4, 0.5) is 5.69 Å². The molecule has 0 atom stereocenters. The lowest BCUT2D eigenvalue weighted by atomic mass is 10.1. The first-order valence-electron chi connectivity index (χ1n) is 9.48. The number of rotatable bonds is 7. The van der Waals surface area contributed by atoms with Crippen LogP contribution in [0.5, 0.6) is 5.75 Å². The highest BCUT2D eigenvalue weighted by Crippen LogP contribution is 2.21. The SMILES string of the molecule is Cc1ccccc1OCC(=O)Nc1ccccc1Cc1nc(-c2ccncc2)no1. The Hall–Kier alpha value is -4.00. The molecule has 0 saturated heterocycles. The van der Waals surface area contributed by atoms with Gasteiger partial charge in [-0.3, -0.25) is 9.78 Å². The van der Waals surface area contributed by atoms with E-state index in [-0.39, 0.29) is 12.5 Å².